The monoisotopic (exact) mass is 211 g/mol. The molecule has 1 amide bonds. The van der Waals surface area contributed by atoms with Crippen LogP contribution in [0.5, 0.6) is 0 Å². The Bertz CT molecular complexity index is 352. The van der Waals surface area contributed by atoms with Crippen LogP contribution in [0, 0.1) is 5.82 Å². The fraction of sp³-hybridized carbons (Fsp3) is 0.364. The number of nitrogens with zero attached hydrogens (tertiary/aromatic N) is 1. The number of aliphatic hydroxyl groups excluding tert-OH is 1. The summed E-state index contributed by atoms with van der Waals surface area (Å²) in [5, 5.41) is 9.65. The van der Waals surface area contributed by atoms with Crippen molar-refractivity contribution in [2.45, 2.75) is 12.5 Å². The highest BCUT2D eigenvalue weighted by Crippen LogP contribution is 2.17. The fourth-order valence-electron chi connectivity index (χ4n) is 1.18. The molecule has 0 spiro atoms. The van der Waals surface area contributed by atoms with Crippen molar-refractivity contribution < 1.29 is 14.3 Å². The van der Waals surface area contributed by atoms with Crippen molar-refractivity contribution in [3.05, 3.63) is 35.6 Å². The lowest BCUT2D eigenvalue weighted by molar-refractivity contribution is -0.130. The van der Waals surface area contributed by atoms with Crippen LogP contribution in [-0.2, 0) is 4.79 Å². The zero-order valence-corrected chi connectivity index (χ0v) is 8.77. The molecular formula is C11H14FNO2. The van der Waals surface area contributed by atoms with Crippen molar-refractivity contribution >= 4 is 5.91 Å². The summed E-state index contributed by atoms with van der Waals surface area (Å²) in [5.74, 6) is -0.601. The third-order valence-electron chi connectivity index (χ3n) is 2.10. The van der Waals surface area contributed by atoms with E-state index in [0.29, 0.717) is 5.56 Å². The molecule has 0 radical (unpaired) electrons. The number of carbonyl (C=O) groups is 1. The van der Waals surface area contributed by atoms with E-state index in [1.54, 1.807) is 20.2 Å². The number of rotatable bonds is 3. The van der Waals surface area contributed by atoms with E-state index >= 15 is 0 Å². The number of benzene rings is 1. The molecule has 82 valence electrons. The van der Waals surface area contributed by atoms with Crippen LogP contribution in [0.3, 0.4) is 0 Å². The van der Waals surface area contributed by atoms with E-state index in [0.717, 1.165) is 0 Å². The topological polar surface area (TPSA) is 40.5 Å². The van der Waals surface area contributed by atoms with Gasteiger partial charge in [-0.2, -0.15) is 0 Å². The molecule has 1 atom stereocenters. The second-order valence-electron chi connectivity index (χ2n) is 3.56. The fourth-order valence-corrected chi connectivity index (χ4v) is 1.18. The third kappa shape index (κ3) is 3.32. The molecule has 0 aliphatic carbocycles. The van der Waals surface area contributed by atoms with Gasteiger partial charge in [0.2, 0.25) is 5.91 Å². The molecule has 0 aliphatic heterocycles. The molecule has 0 fully saturated rings. The number of halogens is 1. The molecule has 0 saturated heterocycles. The van der Waals surface area contributed by atoms with E-state index in [1.165, 1.54) is 23.1 Å². The average molecular weight is 211 g/mol. The Morgan fingerprint density at radius 1 is 1.53 bits per heavy atom. The molecule has 1 aromatic rings. The van der Waals surface area contributed by atoms with Crippen LogP contribution in [0.25, 0.3) is 0 Å². The van der Waals surface area contributed by atoms with Gasteiger partial charge in [-0.05, 0) is 17.7 Å². The maximum atomic E-state index is 12.8. The minimum absolute atomic E-state index is 0.0313. The first kappa shape index (κ1) is 11.7. The predicted octanol–water partition coefficient (Wildman–Crippen LogP) is 1.34. The second kappa shape index (κ2) is 4.89. The molecule has 1 N–H and O–H groups in total. The molecule has 0 aromatic heterocycles. The van der Waals surface area contributed by atoms with Gasteiger partial charge in [0, 0.05) is 14.1 Å². The molecular weight excluding hydrogens is 197 g/mol. The SMILES string of the molecule is CN(C)C(=O)CC(O)c1cccc(F)c1. The van der Waals surface area contributed by atoms with E-state index < -0.39 is 11.9 Å². The Morgan fingerprint density at radius 2 is 2.20 bits per heavy atom. The van der Waals surface area contributed by atoms with Gasteiger partial charge in [-0.3, -0.25) is 4.79 Å². The lowest BCUT2D eigenvalue weighted by atomic mass is 10.1. The Labute approximate surface area is 88.1 Å². The number of hydrogen-bond donors (Lipinski definition) is 1. The number of amides is 1. The number of hydrogen-bond acceptors (Lipinski definition) is 2. The number of carbonyl (C=O) groups excluding carboxylic acids is 1. The van der Waals surface area contributed by atoms with Gasteiger partial charge in [-0.15, -0.1) is 0 Å². The van der Waals surface area contributed by atoms with Crippen LogP contribution in [0.15, 0.2) is 24.3 Å². The summed E-state index contributed by atoms with van der Waals surface area (Å²) in [7, 11) is 3.22. The third-order valence-corrected chi connectivity index (χ3v) is 2.10. The second-order valence-corrected chi connectivity index (χ2v) is 3.56. The summed E-state index contributed by atoms with van der Waals surface area (Å²) < 4.78 is 12.8. The molecule has 1 rings (SSSR count). The van der Waals surface area contributed by atoms with Crippen molar-refractivity contribution in [2.24, 2.45) is 0 Å². The quantitative estimate of drug-likeness (QED) is 0.819. The molecule has 1 unspecified atom stereocenters. The molecule has 1 aromatic carbocycles. The maximum Gasteiger partial charge on any atom is 0.225 e. The largest absolute Gasteiger partial charge is 0.388 e. The normalized spacial score (nSPS) is 12.3. The van der Waals surface area contributed by atoms with Crippen molar-refractivity contribution in [2.75, 3.05) is 14.1 Å². The van der Waals surface area contributed by atoms with Gasteiger partial charge < -0.3 is 10.0 Å². The summed E-state index contributed by atoms with van der Waals surface area (Å²) in [6.07, 6.45) is -0.980. The minimum Gasteiger partial charge on any atom is -0.388 e. The van der Waals surface area contributed by atoms with E-state index in [1.807, 2.05) is 0 Å². The first-order valence-corrected chi connectivity index (χ1v) is 4.64. The van der Waals surface area contributed by atoms with E-state index in [2.05, 4.69) is 0 Å². The zero-order chi connectivity index (χ0) is 11.4. The minimum atomic E-state index is -0.949. The maximum absolute atomic E-state index is 12.8. The Hall–Kier alpha value is -1.42. The summed E-state index contributed by atoms with van der Waals surface area (Å²) >= 11 is 0. The van der Waals surface area contributed by atoms with Gasteiger partial charge in [-0.1, -0.05) is 12.1 Å². The summed E-state index contributed by atoms with van der Waals surface area (Å²) in [6, 6.07) is 5.63. The molecule has 15 heavy (non-hydrogen) atoms. The van der Waals surface area contributed by atoms with Gasteiger partial charge in [0.25, 0.3) is 0 Å². The average Bonchev–Trinajstić information content (AvgIpc) is 2.17. The van der Waals surface area contributed by atoms with Crippen molar-refractivity contribution in [3.63, 3.8) is 0 Å². The van der Waals surface area contributed by atoms with Crippen molar-refractivity contribution in [1.82, 2.24) is 4.90 Å². The Kier molecular flexibility index (Phi) is 3.80. The lowest BCUT2D eigenvalue weighted by Crippen LogP contribution is -2.23. The van der Waals surface area contributed by atoms with Crippen LogP contribution < -0.4 is 0 Å². The van der Waals surface area contributed by atoms with Crippen LogP contribution in [-0.4, -0.2) is 30.0 Å². The van der Waals surface area contributed by atoms with Crippen LogP contribution in [0.2, 0.25) is 0 Å². The summed E-state index contributed by atoms with van der Waals surface area (Å²) in [4.78, 5) is 12.7. The van der Waals surface area contributed by atoms with Crippen LogP contribution in [0.1, 0.15) is 18.1 Å². The smallest absolute Gasteiger partial charge is 0.225 e. The van der Waals surface area contributed by atoms with Crippen LogP contribution >= 0.6 is 0 Å². The summed E-state index contributed by atoms with van der Waals surface area (Å²) in [5.41, 5.74) is 0.421. The van der Waals surface area contributed by atoms with E-state index in [4.69, 9.17) is 0 Å². The molecule has 4 heteroatoms. The first-order chi connectivity index (χ1) is 7.00. The van der Waals surface area contributed by atoms with Gasteiger partial charge in [0.1, 0.15) is 5.82 Å². The molecule has 0 bridgehead atoms. The predicted molar refractivity (Wildman–Crippen MR) is 54.7 cm³/mol. The first-order valence-electron chi connectivity index (χ1n) is 4.64. The standard InChI is InChI=1S/C11H14FNO2/c1-13(2)11(15)7-10(14)8-4-3-5-9(12)6-8/h3-6,10,14H,7H2,1-2H3. The zero-order valence-electron chi connectivity index (χ0n) is 8.77. The van der Waals surface area contributed by atoms with E-state index in [9.17, 15) is 14.3 Å². The van der Waals surface area contributed by atoms with Crippen molar-refractivity contribution in [3.8, 4) is 0 Å². The van der Waals surface area contributed by atoms with E-state index in [-0.39, 0.29) is 12.3 Å². The lowest BCUT2D eigenvalue weighted by Gasteiger charge is -2.14. The van der Waals surface area contributed by atoms with Gasteiger partial charge in [-0.25, -0.2) is 4.39 Å². The van der Waals surface area contributed by atoms with Gasteiger partial charge in [0.05, 0.1) is 12.5 Å². The van der Waals surface area contributed by atoms with Gasteiger partial charge in [0.15, 0.2) is 0 Å². The molecule has 0 aliphatic rings. The highest BCUT2D eigenvalue weighted by atomic mass is 19.1. The molecule has 0 saturated carbocycles. The van der Waals surface area contributed by atoms with Gasteiger partial charge >= 0.3 is 0 Å². The Balaban J connectivity index is 2.69. The molecule has 3 nitrogen and oxygen atoms in total. The number of aliphatic hydroxyl groups is 1. The molecule has 0 heterocycles. The van der Waals surface area contributed by atoms with Crippen molar-refractivity contribution in [1.29, 1.82) is 0 Å². The summed E-state index contributed by atoms with van der Waals surface area (Å²) in [6.45, 7) is 0. The Morgan fingerprint density at radius 3 is 2.73 bits per heavy atom. The van der Waals surface area contributed by atoms with Crippen LogP contribution in [0.4, 0.5) is 4.39 Å². The highest BCUT2D eigenvalue weighted by molar-refractivity contribution is 5.76. The highest BCUT2D eigenvalue weighted by Gasteiger charge is 2.14.